The second-order valence-electron chi connectivity index (χ2n) is 5.97. The van der Waals surface area contributed by atoms with Gasteiger partial charge in [0, 0.05) is 12.6 Å². The molecule has 0 heterocycles. The SMILES string of the molecule is CCNC(=NCc1ccc(OC(C)C)cc1)NC1CC1C.I. The van der Waals surface area contributed by atoms with E-state index in [9.17, 15) is 0 Å². The van der Waals surface area contributed by atoms with Gasteiger partial charge in [-0.2, -0.15) is 0 Å². The van der Waals surface area contributed by atoms with E-state index in [1.165, 1.54) is 12.0 Å². The number of aliphatic imine (C=N–C) groups is 1. The molecule has 0 bridgehead atoms. The summed E-state index contributed by atoms with van der Waals surface area (Å²) in [5, 5.41) is 6.76. The van der Waals surface area contributed by atoms with Gasteiger partial charge in [-0.25, -0.2) is 4.99 Å². The van der Waals surface area contributed by atoms with Crippen LogP contribution in [0.1, 0.15) is 39.7 Å². The smallest absolute Gasteiger partial charge is 0.191 e. The van der Waals surface area contributed by atoms with Crippen LogP contribution in [0.4, 0.5) is 0 Å². The van der Waals surface area contributed by atoms with Crippen LogP contribution in [0.2, 0.25) is 0 Å². The maximum atomic E-state index is 5.65. The number of rotatable bonds is 6. The average molecular weight is 417 g/mol. The molecule has 0 radical (unpaired) electrons. The first kappa shape index (κ1) is 19.1. The van der Waals surface area contributed by atoms with E-state index in [0.29, 0.717) is 12.6 Å². The first-order valence-corrected chi connectivity index (χ1v) is 7.89. The highest BCUT2D eigenvalue weighted by atomic mass is 127. The van der Waals surface area contributed by atoms with Gasteiger partial charge in [0.25, 0.3) is 0 Å². The normalized spacial score (nSPS) is 20.3. The van der Waals surface area contributed by atoms with E-state index >= 15 is 0 Å². The van der Waals surface area contributed by atoms with Crippen molar-refractivity contribution in [2.75, 3.05) is 6.54 Å². The zero-order valence-corrected chi connectivity index (χ0v) is 16.3. The Morgan fingerprint density at radius 3 is 2.45 bits per heavy atom. The molecule has 1 saturated carbocycles. The van der Waals surface area contributed by atoms with Gasteiger partial charge in [-0.3, -0.25) is 0 Å². The van der Waals surface area contributed by atoms with Crippen LogP contribution in [0, 0.1) is 5.92 Å². The molecular formula is C17H28IN3O. The molecule has 2 N–H and O–H groups in total. The van der Waals surface area contributed by atoms with E-state index < -0.39 is 0 Å². The highest BCUT2D eigenvalue weighted by Crippen LogP contribution is 2.28. The maximum absolute atomic E-state index is 5.65. The minimum absolute atomic E-state index is 0. The lowest BCUT2D eigenvalue weighted by molar-refractivity contribution is 0.242. The number of guanidine groups is 1. The summed E-state index contributed by atoms with van der Waals surface area (Å²) in [5.41, 5.74) is 1.19. The van der Waals surface area contributed by atoms with Crippen molar-refractivity contribution in [2.45, 2.75) is 52.8 Å². The molecule has 2 rings (SSSR count). The van der Waals surface area contributed by atoms with Crippen LogP contribution < -0.4 is 15.4 Å². The van der Waals surface area contributed by atoms with Gasteiger partial charge in [-0.1, -0.05) is 19.1 Å². The molecule has 0 aromatic heterocycles. The molecule has 0 spiro atoms. The van der Waals surface area contributed by atoms with Gasteiger partial charge in [0.05, 0.1) is 12.6 Å². The predicted octanol–water partition coefficient (Wildman–Crippen LogP) is 3.56. The summed E-state index contributed by atoms with van der Waals surface area (Å²) in [7, 11) is 0. The van der Waals surface area contributed by atoms with Gasteiger partial charge in [-0.05, 0) is 50.8 Å². The lowest BCUT2D eigenvalue weighted by atomic mass is 10.2. The monoisotopic (exact) mass is 417 g/mol. The zero-order valence-electron chi connectivity index (χ0n) is 13.9. The number of nitrogens with one attached hydrogen (secondary N) is 2. The van der Waals surface area contributed by atoms with Crippen LogP contribution in [0.3, 0.4) is 0 Å². The van der Waals surface area contributed by atoms with Crippen LogP contribution in [-0.4, -0.2) is 24.7 Å². The maximum Gasteiger partial charge on any atom is 0.191 e. The van der Waals surface area contributed by atoms with Gasteiger partial charge < -0.3 is 15.4 Å². The first-order valence-electron chi connectivity index (χ1n) is 7.89. The van der Waals surface area contributed by atoms with Crippen LogP contribution in [0.5, 0.6) is 5.75 Å². The fourth-order valence-electron chi connectivity index (χ4n) is 2.13. The van der Waals surface area contributed by atoms with Crippen molar-refractivity contribution < 1.29 is 4.74 Å². The molecule has 22 heavy (non-hydrogen) atoms. The Hall–Kier alpha value is -0.980. The second kappa shape index (κ2) is 9.22. The minimum atomic E-state index is 0. The van der Waals surface area contributed by atoms with E-state index in [-0.39, 0.29) is 30.1 Å². The molecule has 1 aromatic rings. The van der Waals surface area contributed by atoms with Crippen molar-refractivity contribution >= 4 is 29.9 Å². The molecule has 5 heteroatoms. The lowest BCUT2D eigenvalue weighted by Gasteiger charge is -2.11. The van der Waals surface area contributed by atoms with E-state index in [4.69, 9.17) is 4.74 Å². The standard InChI is InChI=1S/C17H27N3O.HI/c1-5-18-17(20-16-10-13(16)4)19-11-14-6-8-15(9-7-14)21-12(2)3;/h6-9,12-13,16H,5,10-11H2,1-4H3,(H2,18,19,20);1H. The molecule has 4 nitrogen and oxygen atoms in total. The molecule has 124 valence electrons. The molecule has 0 amide bonds. The van der Waals surface area contributed by atoms with E-state index in [1.807, 2.05) is 26.0 Å². The predicted molar refractivity (Wildman–Crippen MR) is 103 cm³/mol. The van der Waals surface area contributed by atoms with Gasteiger partial charge in [-0.15, -0.1) is 24.0 Å². The van der Waals surface area contributed by atoms with Crippen molar-refractivity contribution in [3.8, 4) is 5.75 Å². The van der Waals surface area contributed by atoms with E-state index in [0.717, 1.165) is 24.2 Å². The summed E-state index contributed by atoms with van der Waals surface area (Å²) in [4.78, 5) is 4.64. The molecule has 1 fully saturated rings. The molecule has 1 aliphatic rings. The minimum Gasteiger partial charge on any atom is -0.491 e. The fraction of sp³-hybridized carbons (Fsp3) is 0.588. The lowest BCUT2D eigenvalue weighted by Crippen LogP contribution is -2.39. The van der Waals surface area contributed by atoms with Crippen molar-refractivity contribution in [1.82, 2.24) is 10.6 Å². The molecular weight excluding hydrogens is 389 g/mol. The van der Waals surface area contributed by atoms with Gasteiger partial charge >= 0.3 is 0 Å². The number of nitrogens with zero attached hydrogens (tertiary/aromatic N) is 1. The number of halogens is 1. The summed E-state index contributed by atoms with van der Waals surface area (Å²) in [6.45, 7) is 9.98. The largest absolute Gasteiger partial charge is 0.491 e. The average Bonchev–Trinajstić information content (AvgIpc) is 3.13. The molecule has 2 unspecified atom stereocenters. The highest BCUT2D eigenvalue weighted by molar-refractivity contribution is 14.0. The third kappa shape index (κ3) is 6.42. The fourth-order valence-corrected chi connectivity index (χ4v) is 2.13. The van der Waals surface area contributed by atoms with Crippen molar-refractivity contribution in [3.63, 3.8) is 0 Å². The highest BCUT2D eigenvalue weighted by Gasteiger charge is 2.33. The Bertz CT molecular complexity index is 473. The molecule has 0 saturated heterocycles. The second-order valence-corrected chi connectivity index (χ2v) is 5.97. The number of ether oxygens (including phenoxy) is 1. The Balaban J connectivity index is 0.00000242. The van der Waals surface area contributed by atoms with Gasteiger partial charge in [0.1, 0.15) is 5.75 Å². The van der Waals surface area contributed by atoms with Gasteiger partial charge in [0.15, 0.2) is 5.96 Å². The van der Waals surface area contributed by atoms with E-state index in [2.05, 4.69) is 41.6 Å². The van der Waals surface area contributed by atoms with Crippen molar-refractivity contribution in [1.29, 1.82) is 0 Å². The molecule has 1 aliphatic carbocycles. The quantitative estimate of drug-likeness (QED) is 0.423. The van der Waals surface area contributed by atoms with E-state index in [1.54, 1.807) is 0 Å². The van der Waals surface area contributed by atoms with Crippen molar-refractivity contribution in [3.05, 3.63) is 29.8 Å². The number of hydrogen-bond acceptors (Lipinski definition) is 2. The molecule has 0 aliphatic heterocycles. The zero-order chi connectivity index (χ0) is 15.2. The summed E-state index contributed by atoms with van der Waals surface area (Å²) >= 11 is 0. The summed E-state index contributed by atoms with van der Waals surface area (Å²) in [6.07, 6.45) is 1.45. The molecule has 1 aromatic carbocycles. The van der Waals surface area contributed by atoms with Crippen LogP contribution in [0.15, 0.2) is 29.3 Å². The van der Waals surface area contributed by atoms with Crippen LogP contribution >= 0.6 is 24.0 Å². The number of hydrogen-bond donors (Lipinski definition) is 2. The Kier molecular flexibility index (Phi) is 8.00. The Labute approximate surface area is 151 Å². The first-order chi connectivity index (χ1) is 10.1. The van der Waals surface area contributed by atoms with Gasteiger partial charge in [0.2, 0.25) is 0 Å². The summed E-state index contributed by atoms with van der Waals surface area (Å²) < 4.78 is 5.65. The third-order valence-corrected chi connectivity index (χ3v) is 3.49. The Morgan fingerprint density at radius 1 is 1.32 bits per heavy atom. The van der Waals surface area contributed by atoms with Crippen LogP contribution in [-0.2, 0) is 6.54 Å². The number of benzene rings is 1. The van der Waals surface area contributed by atoms with Crippen molar-refractivity contribution in [2.24, 2.45) is 10.9 Å². The summed E-state index contributed by atoms with van der Waals surface area (Å²) in [6, 6.07) is 8.75. The van der Waals surface area contributed by atoms with Crippen LogP contribution in [0.25, 0.3) is 0 Å². The topological polar surface area (TPSA) is 45.7 Å². The Morgan fingerprint density at radius 2 is 1.95 bits per heavy atom. The summed E-state index contributed by atoms with van der Waals surface area (Å²) in [5.74, 6) is 2.59. The molecule has 2 atom stereocenters. The third-order valence-electron chi connectivity index (χ3n) is 3.49.